The molecule has 2 aromatic rings. The Labute approximate surface area is 169 Å². The van der Waals surface area contributed by atoms with Gasteiger partial charge in [0.05, 0.1) is 19.8 Å². The lowest BCUT2D eigenvalue weighted by atomic mass is 9.79. The average Bonchev–Trinajstić information content (AvgIpc) is 2.70. The lowest BCUT2D eigenvalue weighted by molar-refractivity contribution is -0.0364. The van der Waals surface area contributed by atoms with E-state index >= 15 is 0 Å². The van der Waals surface area contributed by atoms with Crippen LogP contribution >= 0.6 is 0 Å². The second kappa shape index (κ2) is 11.2. The van der Waals surface area contributed by atoms with Crippen molar-refractivity contribution in [3.63, 3.8) is 0 Å². The fourth-order valence-electron chi connectivity index (χ4n) is 3.45. The van der Waals surface area contributed by atoms with Gasteiger partial charge in [-0.05, 0) is 41.3 Å². The van der Waals surface area contributed by atoms with Crippen molar-refractivity contribution < 1.29 is 18.6 Å². The first kappa shape index (κ1) is 24.1. The summed E-state index contributed by atoms with van der Waals surface area (Å²) in [7, 11) is 4.95. The van der Waals surface area contributed by atoms with E-state index < -0.39 is 0 Å². The molecule has 0 spiro atoms. The zero-order chi connectivity index (χ0) is 21.3. The molecular weight excluding hydrogens is 355 g/mol. The minimum atomic E-state index is -0.282. The Bertz CT molecular complexity index is 741. The first-order chi connectivity index (χ1) is 13.4. The molecule has 4 heteroatoms. The second-order valence-corrected chi connectivity index (χ2v) is 7.16. The SMILES string of the molecule is CC.CCc1ccc(-c2cc(OC)ccc2F)c(C(OC)C(C)(C)COC)c1. The topological polar surface area (TPSA) is 27.7 Å². The summed E-state index contributed by atoms with van der Waals surface area (Å²) in [4.78, 5) is 0. The van der Waals surface area contributed by atoms with E-state index in [0.717, 1.165) is 17.5 Å². The summed E-state index contributed by atoms with van der Waals surface area (Å²) in [5.41, 5.74) is 3.19. The summed E-state index contributed by atoms with van der Waals surface area (Å²) in [6.07, 6.45) is 0.657. The highest BCUT2D eigenvalue weighted by Crippen LogP contribution is 2.42. The Balaban J connectivity index is 0.00000190. The van der Waals surface area contributed by atoms with Gasteiger partial charge in [-0.15, -0.1) is 0 Å². The molecule has 2 aromatic carbocycles. The molecule has 3 nitrogen and oxygen atoms in total. The van der Waals surface area contributed by atoms with Crippen molar-refractivity contribution >= 4 is 0 Å². The molecule has 0 bridgehead atoms. The fourth-order valence-corrected chi connectivity index (χ4v) is 3.45. The van der Waals surface area contributed by atoms with Gasteiger partial charge in [-0.1, -0.05) is 52.8 Å². The molecule has 28 heavy (non-hydrogen) atoms. The van der Waals surface area contributed by atoms with Crippen molar-refractivity contribution in [1.29, 1.82) is 0 Å². The Morgan fingerprint density at radius 2 is 1.64 bits per heavy atom. The van der Waals surface area contributed by atoms with Crippen LogP contribution in [0.4, 0.5) is 4.39 Å². The zero-order valence-electron chi connectivity index (χ0n) is 18.6. The van der Waals surface area contributed by atoms with Crippen LogP contribution in [-0.4, -0.2) is 27.9 Å². The van der Waals surface area contributed by atoms with E-state index in [-0.39, 0.29) is 17.3 Å². The highest BCUT2D eigenvalue weighted by molar-refractivity contribution is 5.70. The molecule has 0 aliphatic heterocycles. The third kappa shape index (κ3) is 5.55. The molecule has 0 radical (unpaired) electrons. The third-order valence-electron chi connectivity index (χ3n) is 4.73. The first-order valence-corrected chi connectivity index (χ1v) is 9.86. The van der Waals surface area contributed by atoms with Crippen molar-refractivity contribution in [2.75, 3.05) is 27.9 Å². The molecule has 0 N–H and O–H groups in total. The van der Waals surface area contributed by atoms with Gasteiger partial charge in [0.15, 0.2) is 0 Å². The molecular formula is C24H35FO3. The number of hydrogen-bond acceptors (Lipinski definition) is 3. The predicted octanol–water partition coefficient (Wildman–Crippen LogP) is 6.45. The van der Waals surface area contributed by atoms with Crippen molar-refractivity contribution in [3.8, 4) is 16.9 Å². The van der Waals surface area contributed by atoms with Crippen LogP contribution in [0.5, 0.6) is 5.75 Å². The van der Waals surface area contributed by atoms with E-state index in [9.17, 15) is 4.39 Å². The number of rotatable bonds is 8. The highest BCUT2D eigenvalue weighted by Gasteiger charge is 2.33. The Hall–Kier alpha value is -1.91. The maximum Gasteiger partial charge on any atom is 0.131 e. The summed E-state index contributed by atoms with van der Waals surface area (Å²) in [5, 5.41) is 0. The van der Waals surface area contributed by atoms with Gasteiger partial charge in [-0.2, -0.15) is 0 Å². The molecule has 0 saturated carbocycles. The van der Waals surface area contributed by atoms with Gasteiger partial charge >= 0.3 is 0 Å². The van der Waals surface area contributed by atoms with Crippen LogP contribution in [-0.2, 0) is 15.9 Å². The predicted molar refractivity (Wildman–Crippen MR) is 115 cm³/mol. The van der Waals surface area contributed by atoms with Crippen LogP contribution in [0.3, 0.4) is 0 Å². The fraction of sp³-hybridized carbons (Fsp3) is 0.500. The maximum absolute atomic E-state index is 14.6. The second-order valence-electron chi connectivity index (χ2n) is 7.16. The van der Waals surface area contributed by atoms with Gasteiger partial charge in [-0.3, -0.25) is 0 Å². The van der Waals surface area contributed by atoms with Crippen LogP contribution in [0.2, 0.25) is 0 Å². The van der Waals surface area contributed by atoms with Gasteiger partial charge in [0.2, 0.25) is 0 Å². The largest absolute Gasteiger partial charge is 0.497 e. The van der Waals surface area contributed by atoms with E-state index in [1.165, 1.54) is 11.6 Å². The Morgan fingerprint density at radius 3 is 2.18 bits per heavy atom. The Morgan fingerprint density at radius 1 is 0.964 bits per heavy atom. The number of ether oxygens (including phenoxy) is 3. The van der Waals surface area contributed by atoms with Gasteiger partial charge in [0, 0.05) is 25.2 Å². The molecule has 0 saturated heterocycles. The average molecular weight is 391 g/mol. The van der Waals surface area contributed by atoms with E-state index in [1.807, 2.05) is 26.0 Å². The maximum atomic E-state index is 14.6. The van der Waals surface area contributed by atoms with Crippen LogP contribution < -0.4 is 4.74 Å². The lowest BCUT2D eigenvalue weighted by Gasteiger charge is -2.34. The standard InChI is InChI=1S/C22H29FO3.C2H6/c1-7-15-8-10-17(18-13-16(25-5)9-11-20(18)23)19(12-15)21(26-6)22(2,3)14-24-4;1-2/h8-13,21H,7,14H2,1-6H3;1-2H3. The Kier molecular flexibility index (Phi) is 9.63. The van der Waals surface area contributed by atoms with Gasteiger partial charge in [0.25, 0.3) is 0 Å². The van der Waals surface area contributed by atoms with Crippen molar-refractivity contribution in [3.05, 3.63) is 53.3 Å². The summed E-state index contributed by atoms with van der Waals surface area (Å²) >= 11 is 0. The number of methoxy groups -OCH3 is 3. The van der Waals surface area contributed by atoms with E-state index in [1.54, 1.807) is 33.5 Å². The quantitative estimate of drug-likeness (QED) is 0.518. The lowest BCUT2D eigenvalue weighted by Crippen LogP contribution is -2.29. The molecule has 0 fully saturated rings. The van der Waals surface area contributed by atoms with E-state index in [2.05, 4.69) is 26.8 Å². The molecule has 0 aromatic heterocycles. The third-order valence-corrected chi connectivity index (χ3v) is 4.73. The van der Waals surface area contributed by atoms with Gasteiger partial charge < -0.3 is 14.2 Å². The van der Waals surface area contributed by atoms with Crippen LogP contribution in [0, 0.1) is 11.2 Å². The summed E-state index contributed by atoms with van der Waals surface area (Å²) in [6, 6.07) is 10.9. The summed E-state index contributed by atoms with van der Waals surface area (Å²) < 4.78 is 31.2. The van der Waals surface area contributed by atoms with Crippen LogP contribution in [0.1, 0.15) is 51.8 Å². The minimum Gasteiger partial charge on any atom is -0.497 e. The van der Waals surface area contributed by atoms with Gasteiger partial charge in [0.1, 0.15) is 11.6 Å². The first-order valence-electron chi connectivity index (χ1n) is 9.86. The van der Waals surface area contributed by atoms with Crippen LogP contribution in [0.15, 0.2) is 36.4 Å². The molecule has 1 unspecified atom stereocenters. The number of aryl methyl sites for hydroxylation is 1. The monoisotopic (exact) mass is 390 g/mol. The summed E-state index contributed by atoms with van der Waals surface area (Å²) in [6.45, 7) is 10.8. The molecule has 0 amide bonds. The number of hydrogen-bond donors (Lipinski definition) is 0. The number of halogens is 1. The van der Waals surface area contributed by atoms with E-state index in [4.69, 9.17) is 14.2 Å². The van der Waals surface area contributed by atoms with Crippen molar-refractivity contribution in [1.82, 2.24) is 0 Å². The number of benzene rings is 2. The van der Waals surface area contributed by atoms with Crippen molar-refractivity contribution in [2.45, 2.75) is 47.1 Å². The zero-order valence-corrected chi connectivity index (χ0v) is 18.6. The normalized spacial score (nSPS) is 12.2. The molecule has 0 aliphatic carbocycles. The summed E-state index contributed by atoms with van der Waals surface area (Å²) in [5.74, 6) is 0.340. The molecule has 1 atom stereocenters. The smallest absolute Gasteiger partial charge is 0.131 e. The van der Waals surface area contributed by atoms with E-state index in [0.29, 0.717) is 17.9 Å². The molecule has 0 aliphatic rings. The van der Waals surface area contributed by atoms with Crippen LogP contribution in [0.25, 0.3) is 11.1 Å². The minimum absolute atomic E-state index is 0.241. The molecule has 156 valence electrons. The highest BCUT2D eigenvalue weighted by atomic mass is 19.1. The van der Waals surface area contributed by atoms with Crippen molar-refractivity contribution in [2.24, 2.45) is 5.41 Å². The van der Waals surface area contributed by atoms with Gasteiger partial charge in [-0.25, -0.2) is 4.39 Å². The molecule has 2 rings (SSSR count). The molecule has 0 heterocycles.